The normalized spacial score (nSPS) is 10.6. The average molecular weight is 474 g/mol. The maximum atomic E-state index is 12.3. The largest absolute Gasteiger partial charge is 0.492 e. The van der Waals surface area contributed by atoms with E-state index in [1.165, 1.54) is 0 Å². The Hall–Kier alpha value is -2.30. The van der Waals surface area contributed by atoms with Crippen LogP contribution in [0.4, 0.5) is 0 Å². The van der Waals surface area contributed by atoms with Gasteiger partial charge < -0.3 is 9.47 Å². The van der Waals surface area contributed by atoms with Gasteiger partial charge in [0.15, 0.2) is 0 Å². The summed E-state index contributed by atoms with van der Waals surface area (Å²) in [6.45, 7) is 4.29. The zero-order valence-corrected chi connectivity index (χ0v) is 18.7. The third-order valence-electron chi connectivity index (χ3n) is 4.55. The fourth-order valence-corrected chi connectivity index (χ4v) is 3.68. The number of ether oxygens (including phenoxy) is 2. The van der Waals surface area contributed by atoms with Crippen molar-refractivity contribution in [1.29, 1.82) is 0 Å². The number of carbonyl (C=O) groups is 1. The molecule has 0 saturated carbocycles. The van der Waals surface area contributed by atoms with Crippen molar-refractivity contribution in [2.24, 2.45) is 0 Å². The molecule has 0 fully saturated rings. The van der Waals surface area contributed by atoms with Crippen LogP contribution in [0.1, 0.15) is 24.0 Å². The summed E-state index contributed by atoms with van der Waals surface area (Å²) in [5, 5.41) is 0.727. The summed E-state index contributed by atoms with van der Waals surface area (Å²) < 4.78 is 12.3. The van der Waals surface area contributed by atoms with Crippen LogP contribution in [0.3, 0.4) is 0 Å². The van der Waals surface area contributed by atoms with Crippen LogP contribution < -0.4 is 9.47 Å². The summed E-state index contributed by atoms with van der Waals surface area (Å²) in [6.07, 6.45) is 0.825. The van der Waals surface area contributed by atoms with Crippen LogP contribution >= 0.6 is 27.5 Å². The lowest BCUT2D eigenvalue weighted by Gasteiger charge is -2.13. The van der Waals surface area contributed by atoms with Gasteiger partial charge in [0.25, 0.3) is 0 Å². The molecule has 0 unspecified atom stereocenters. The van der Waals surface area contributed by atoms with Crippen LogP contribution in [0.25, 0.3) is 11.1 Å². The lowest BCUT2D eigenvalue weighted by molar-refractivity contribution is -0.134. The Labute approximate surface area is 184 Å². The number of carbonyl (C=O) groups excluding carboxylic acids is 1. The van der Waals surface area contributed by atoms with Crippen LogP contribution in [0.2, 0.25) is 5.02 Å². The van der Waals surface area contributed by atoms with E-state index in [-0.39, 0.29) is 12.4 Å². The summed E-state index contributed by atoms with van der Waals surface area (Å²) in [4.78, 5) is 12.3. The van der Waals surface area contributed by atoms with E-state index in [2.05, 4.69) is 15.9 Å². The van der Waals surface area contributed by atoms with Crippen molar-refractivity contribution in [3.8, 4) is 22.6 Å². The Kier molecular flexibility index (Phi) is 7.34. The van der Waals surface area contributed by atoms with E-state index in [1.807, 2.05) is 74.5 Å². The topological polar surface area (TPSA) is 35.5 Å². The smallest absolute Gasteiger partial charge is 0.311 e. The van der Waals surface area contributed by atoms with Gasteiger partial charge in [-0.1, -0.05) is 60.1 Å². The average Bonchev–Trinajstić information content (AvgIpc) is 2.74. The van der Waals surface area contributed by atoms with Gasteiger partial charge in [-0.2, -0.15) is 0 Å². The highest BCUT2D eigenvalue weighted by molar-refractivity contribution is 9.10. The number of para-hydroxylation sites is 1. The molecule has 0 radical (unpaired) electrons. The first-order valence-corrected chi connectivity index (χ1v) is 10.6. The molecule has 0 spiro atoms. The van der Waals surface area contributed by atoms with E-state index in [9.17, 15) is 4.79 Å². The lowest BCUT2D eigenvalue weighted by atomic mass is 10.1. The minimum absolute atomic E-state index is 0.270. The zero-order chi connectivity index (χ0) is 20.8. The molecule has 0 saturated heterocycles. The lowest BCUT2D eigenvalue weighted by Crippen LogP contribution is -2.10. The Balaban J connectivity index is 1.56. The fourth-order valence-electron chi connectivity index (χ4n) is 2.99. The van der Waals surface area contributed by atoms with Gasteiger partial charge in [-0.05, 0) is 65.0 Å². The standard InChI is InChI=1S/C24H22BrClO3/c1-16-15-21(23(25)17(2)24(16)26)28-14-8-13-22(27)29-20-12-7-6-11-19(20)18-9-4-3-5-10-18/h3-7,9-12,15H,8,13-14H2,1-2H3. The number of benzene rings is 3. The second kappa shape index (κ2) is 9.95. The minimum Gasteiger partial charge on any atom is -0.492 e. The Bertz CT molecular complexity index is 1000. The molecule has 0 aromatic heterocycles. The summed E-state index contributed by atoms with van der Waals surface area (Å²) in [7, 11) is 0. The van der Waals surface area contributed by atoms with Crippen molar-refractivity contribution in [1.82, 2.24) is 0 Å². The van der Waals surface area contributed by atoms with E-state index in [1.54, 1.807) is 0 Å². The molecule has 0 bridgehead atoms. The Morgan fingerprint density at radius 1 is 1.00 bits per heavy atom. The molecule has 0 N–H and O–H groups in total. The van der Waals surface area contributed by atoms with Crippen LogP contribution in [0.5, 0.6) is 11.5 Å². The first-order chi connectivity index (χ1) is 14.0. The quantitative estimate of drug-likeness (QED) is 0.208. The van der Waals surface area contributed by atoms with Gasteiger partial charge in [0.1, 0.15) is 11.5 Å². The summed E-state index contributed by atoms with van der Waals surface area (Å²) in [5.74, 6) is 1.02. The third kappa shape index (κ3) is 5.40. The first kappa shape index (κ1) is 21.4. The molecule has 3 aromatic carbocycles. The van der Waals surface area contributed by atoms with Gasteiger partial charge in [0, 0.05) is 17.0 Å². The van der Waals surface area contributed by atoms with E-state index >= 15 is 0 Å². The Morgan fingerprint density at radius 3 is 2.45 bits per heavy atom. The second-order valence-corrected chi connectivity index (χ2v) is 7.90. The molecular weight excluding hydrogens is 452 g/mol. The van der Waals surface area contributed by atoms with Gasteiger partial charge >= 0.3 is 5.97 Å². The van der Waals surface area contributed by atoms with Crippen molar-refractivity contribution < 1.29 is 14.3 Å². The molecule has 0 aliphatic carbocycles. The highest BCUT2D eigenvalue weighted by atomic mass is 79.9. The van der Waals surface area contributed by atoms with E-state index in [0.29, 0.717) is 18.8 Å². The maximum Gasteiger partial charge on any atom is 0.311 e. The van der Waals surface area contributed by atoms with Gasteiger partial charge in [-0.3, -0.25) is 4.79 Å². The van der Waals surface area contributed by atoms with Gasteiger partial charge in [0.2, 0.25) is 0 Å². The minimum atomic E-state index is -0.278. The molecule has 5 heteroatoms. The van der Waals surface area contributed by atoms with Crippen LogP contribution in [0, 0.1) is 13.8 Å². The van der Waals surface area contributed by atoms with Crippen molar-refractivity contribution >= 4 is 33.5 Å². The summed E-state index contributed by atoms with van der Waals surface area (Å²) in [5.41, 5.74) is 3.81. The molecule has 0 atom stereocenters. The fraction of sp³-hybridized carbons (Fsp3) is 0.208. The molecule has 3 nitrogen and oxygen atoms in total. The van der Waals surface area contributed by atoms with E-state index < -0.39 is 0 Å². The molecule has 0 aliphatic rings. The summed E-state index contributed by atoms with van der Waals surface area (Å²) >= 11 is 9.76. The van der Waals surface area contributed by atoms with Gasteiger partial charge in [0.05, 0.1) is 11.1 Å². The Morgan fingerprint density at radius 2 is 1.69 bits per heavy atom. The molecule has 29 heavy (non-hydrogen) atoms. The van der Waals surface area contributed by atoms with E-state index in [4.69, 9.17) is 21.1 Å². The maximum absolute atomic E-state index is 12.3. The molecule has 0 aliphatic heterocycles. The van der Waals surface area contributed by atoms with Crippen molar-refractivity contribution in [2.75, 3.05) is 6.61 Å². The van der Waals surface area contributed by atoms with Gasteiger partial charge in [-0.15, -0.1) is 0 Å². The first-order valence-electron chi connectivity index (χ1n) is 9.40. The van der Waals surface area contributed by atoms with Crippen LogP contribution in [-0.2, 0) is 4.79 Å². The zero-order valence-electron chi connectivity index (χ0n) is 16.4. The molecule has 150 valence electrons. The highest BCUT2D eigenvalue weighted by Gasteiger charge is 2.13. The predicted molar refractivity (Wildman–Crippen MR) is 121 cm³/mol. The van der Waals surface area contributed by atoms with Crippen molar-refractivity contribution in [2.45, 2.75) is 26.7 Å². The SMILES string of the molecule is Cc1cc(OCCCC(=O)Oc2ccccc2-c2ccccc2)c(Br)c(C)c1Cl. The number of halogens is 2. The third-order valence-corrected chi connectivity index (χ3v) is 6.11. The highest BCUT2D eigenvalue weighted by Crippen LogP contribution is 2.36. The molecule has 3 aromatic rings. The van der Waals surface area contributed by atoms with Gasteiger partial charge in [-0.25, -0.2) is 0 Å². The number of rotatable bonds is 7. The second-order valence-electron chi connectivity index (χ2n) is 6.73. The number of aryl methyl sites for hydroxylation is 1. The predicted octanol–water partition coefficient (Wildman–Crippen LogP) is 7.15. The van der Waals surface area contributed by atoms with E-state index in [0.717, 1.165) is 37.5 Å². The van der Waals surface area contributed by atoms with Crippen LogP contribution in [0.15, 0.2) is 65.1 Å². The van der Waals surface area contributed by atoms with Crippen molar-refractivity contribution in [3.63, 3.8) is 0 Å². The number of hydrogen-bond donors (Lipinski definition) is 0. The number of hydrogen-bond acceptors (Lipinski definition) is 3. The molecule has 0 heterocycles. The molecule has 0 amide bonds. The number of esters is 1. The van der Waals surface area contributed by atoms with Crippen LogP contribution in [-0.4, -0.2) is 12.6 Å². The van der Waals surface area contributed by atoms with Crippen molar-refractivity contribution in [3.05, 3.63) is 81.3 Å². The molecule has 3 rings (SSSR count). The monoisotopic (exact) mass is 472 g/mol. The summed E-state index contributed by atoms with van der Waals surface area (Å²) in [6, 6.07) is 19.3. The molecular formula is C24H22BrClO3.